The van der Waals surface area contributed by atoms with E-state index in [2.05, 4.69) is 15.0 Å². The third-order valence-electron chi connectivity index (χ3n) is 21.3. The third-order valence-corrected chi connectivity index (χ3v) is 21.3. The van der Waals surface area contributed by atoms with Crippen LogP contribution in [0.3, 0.4) is 0 Å². The molecule has 4 N–H and O–H groups in total. The van der Waals surface area contributed by atoms with Gasteiger partial charge in [0.05, 0.1) is 37.7 Å². The second-order valence-corrected chi connectivity index (χ2v) is 32.4. The number of hydrogen-bond donors (Lipinski definition) is 4. The number of aliphatic hydroxyl groups excluding tert-OH is 4. The molecule has 16 rings (SSSR count). The van der Waals surface area contributed by atoms with E-state index in [1.54, 1.807) is 85.3 Å². The standard InChI is InChI=1S/C28H25F3O5.C26H22F3NO5.2C26H25NO5/c1-17(2)24-13-23(33)27-25(35-16-20-8-4-3-7-19(20)14-32)11-22(12-26(27)36-24)34-15-18-6-5-9-21(10-18)28(29,30)31;1-15(2)21-12-20(32)24-22(33-14-17-7-4-3-6-16(17)13-31)10-18(11-23(24)35-21)34-25-19(26(27,28)29)8-5-9-30-25;1-17(2)23-12-22(29)26-24(31-16-20-8-4-3-7-19(20)14-28)10-21(11-25(26)32-23)30-15-18-6-5-9-27-13-18;1-17(2)23-13-22(29)26-24(31-15-19-8-4-3-7-18(19)14-28)11-21(12-25(26)32-23)30-16-20-9-5-6-10-27-20/h3-13,17,32H,14-16H2,1-2H3;3-12,15,31H,13-14H2,1-2H3;2*3-13,17,28H,14-16H2,1-2H3. The second kappa shape index (κ2) is 45.0. The minimum Gasteiger partial charge on any atom is -0.489 e. The van der Waals surface area contributed by atoms with Crippen LogP contribution >= 0.6 is 0 Å². The Morgan fingerprint density at radius 1 is 0.311 bits per heavy atom. The first-order chi connectivity index (χ1) is 64.9. The maximum atomic E-state index is 13.4. The molecule has 0 radical (unpaired) electrons. The minimum atomic E-state index is -4.68. The fourth-order valence-corrected chi connectivity index (χ4v) is 14.0. The number of benzene rings is 9. The number of rotatable bonds is 31. The second-order valence-electron chi connectivity index (χ2n) is 32.4. The van der Waals surface area contributed by atoms with Gasteiger partial charge in [0, 0.05) is 127 Å². The van der Waals surface area contributed by atoms with Crippen molar-refractivity contribution in [2.75, 3.05) is 0 Å². The topological polar surface area (TPSA) is 314 Å². The van der Waals surface area contributed by atoms with Crippen LogP contribution in [0.2, 0.25) is 0 Å². The molecule has 135 heavy (non-hydrogen) atoms. The van der Waals surface area contributed by atoms with Gasteiger partial charge in [-0.2, -0.15) is 26.3 Å². The zero-order valence-corrected chi connectivity index (χ0v) is 74.8. The lowest BCUT2D eigenvalue weighted by molar-refractivity contribution is -0.139. The van der Waals surface area contributed by atoms with Gasteiger partial charge in [0.2, 0.25) is 5.88 Å². The zero-order chi connectivity index (χ0) is 96.0. The summed E-state index contributed by atoms with van der Waals surface area (Å²) in [5, 5.41) is 39.4. The van der Waals surface area contributed by atoms with E-state index in [9.17, 15) is 65.9 Å². The zero-order valence-electron chi connectivity index (χ0n) is 74.8. The molecule has 16 aromatic rings. The van der Waals surface area contributed by atoms with Crippen LogP contribution in [0, 0.1) is 0 Å². The van der Waals surface area contributed by atoms with Gasteiger partial charge in [-0.15, -0.1) is 0 Å². The Bertz CT molecular complexity index is 6840. The Hall–Kier alpha value is -14.9. The Balaban J connectivity index is 0.000000153. The maximum Gasteiger partial charge on any atom is 0.421 e. The highest BCUT2D eigenvalue weighted by atomic mass is 19.4. The van der Waals surface area contributed by atoms with Gasteiger partial charge < -0.3 is 76.0 Å². The van der Waals surface area contributed by atoms with Crippen molar-refractivity contribution >= 4 is 43.9 Å². The first kappa shape index (κ1) is 97.6. The number of alkyl halides is 6. The SMILES string of the molecule is CC(C)c1cc(=O)c2c(OCc3ccccc3CO)cc(OCc3cccc(C(F)(F)F)c3)cc2o1.CC(C)c1cc(=O)c2c(OCc3ccccc3CO)cc(OCc3ccccn3)cc2o1.CC(C)c1cc(=O)c2c(OCc3ccccc3CO)cc(OCc3cccnc3)cc2o1.CC(C)c1cc(=O)c2c(OCc3ccccc3CO)cc(Oc3ncccc3C(F)(F)F)cc2o1. The molecule has 23 nitrogen and oxygen atoms in total. The van der Waals surface area contributed by atoms with Gasteiger partial charge in [-0.3, -0.25) is 29.1 Å². The van der Waals surface area contributed by atoms with Gasteiger partial charge in [-0.05, 0) is 92.5 Å². The first-order valence-corrected chi connectivity index (χ1v) is 43.1. The molecule has 7 aromatic heterocycles. The molecular formula is C106H97F6N3O20. The smallest absolute Gasteiger partial charge is 0.421 e. The highest BCUT2D eigenvalue weighted by Gasteiger charge is 2.36. The normalized spacial score (nSPS) is 11.5. The summed E-state index contributed by atoms with van der Waals surface area (Å²) in [7, 11) is 0. The lowest BCUT2D eigenvalue weighted by Crippen LogP contribution is -2.09. The number of pyridine rings is 3. The van der Waals surface area contributed by atoms with E-state index in [1.165, 1.54) is 66.9 Å². The number of aliphatic hydroxyl groups is 4. The molecule has 0 unspecified atom stereocenters. The van der Waals surface area contributed by atoms with Gasteiger partial charge in [0.25, 0.3) is 0 Å². The quantitative estimate of drug-likeness (QED) is 0.0293. The number of halogens is 6. The predicted octanol–water partition coefficient (Wildman–Crippen LogP) is 22.7. The van der Waals surface area contributed by atoms with Crippen LogP contribution in [0.5, 0.6) is 51.9 Å². The molecule has 0 spiro atoms. The Morgan fingerprint density at radius 2 is 0.644 bits per heavy atom. The largest absolute Gasteiger partial charge is 0.489 e. The highest BCUT2D eigenvalue weighted by molar-refractivity contribution is 5.88. The summed E-state index contributed by atoms with van der Waals surface area (Å²) in [6.45, 7) is 15.7. The molecule has 7 heterocycles. The van der Waals surface area contributed by atoms with E-state index in [0.29, 0.717) is 96.8 Å². The third kappa shape index (κ3) is 25.5. The summed E-state index contributed by atoms with van der Waals surface area (Å²) in [6, 6.07) is 63.8. The van der Waals surface area contributed by atoms with E-state index < -0.39 is 29.4 Å². The number of fused-ring (bicyclic) bond motifs is 4. The molecule has 0 aliphatic carbocycles. The van der Waals surface area contributed by atoms with Crippen molar-refractivity contribution < 1.29 is 102 Å². The average molecular weight is 1850 g/mol. The van der Waals surface area contributed by atoms with Crippen LogP contribution in [-0.4, -0.2) is 35.4 Å². The fraction of sp³-hybridized carbons (Fsp3) is 0.236. The number of ether oxygens (including phenoxy) is 8. The Labute approximate surface area is 771 Å². The van der Waals surface area contributed by atoms with Crippen LogP contribution in [0.25, 0.3) is 43.9 Å². The van der Waals surface area contributed by atoms with Gasteiger partial charge in [-0.25, -0.2) is 4.98 Å². The van der Waals surface area contributed by atoms with Crippen molar-refractivity contribution in [3.63, 3.8) is 0 Å². The van der Waals surface area contributed by atoms with Gasteiger partial charge in [0.15, 0.2) is 21.7 Å². The van der Waals surface area contributed by atoms with Crippen molar-refractivity contribution in [1.29, 1.82) is 0 Å². The summed E-state index contributed by atoms with van der Waals surface area (Å²) in [4.78, 5) is 63.8. The molecule has 0 fully saturated rings. The molecular weight excluding hydrogens is 1750 g/mol. The number of aromatic nitrogens is 3. The Kier molecular flexibility index (Phi) is 32.5. The molecule has 0 aliphatic rings. The maximum absolute atomic E-state index is 13.4. The predicted molar refractivity (Wildman–Crippen MR) is 495 cm³/mol. The molecule has 0 aliphatic heterocycles. The van der Waals surface area contributed by atoms with Gasteiger partial charge in [0.1, 0.15) is 165 Å². The summed E-state index contributed by atoms with van der Waals surface area (Å²) in [5.74, 6) is 3.71. The Morgan fingerprint density at radius 3 is 0.985 bits per heavy atom. The van der Waals surface area contributed by atoms with Crippen LogP contribution in [0.15, 0.2) is 298 Å². The summed E-state index contributed by atoms with van der Waals surface area (Å²) in [5.41, 5.74) is 6.40. The van der Waals surface area contributed by atoms with Crippen LogP contribution in [0.4, 0.5) is 26.3 Å². The van der Waals surface area contributed by atoms with Crippen LogP contribution < -0.4 is 59.6 Å². The van der Waals surface area contributed by atoms with E-state index in [4.69, 9.17) is 55.6 Å². The summed E-state index contributed by atoms with van der Waals surface area (Å²) in [6.07, 6.45) is -2.79. The summed E-state index contributed by atoms with van der Waals surface area (Å²) >= 11 is 0. The summed E-state index contributed by atoms with van der Waals surface area (Å²) < 4.78 is 151. The van der Waals surface area contributed by atoms with E-state index in [0.717, 1.165) is 63.3 Å². The first-order valence-electron chi connectivity index (χ1n) is 43.1. The molecule has 0 bridgehead atoms. The van der Waals surface area contributed by atoms with E-state index >= 15 is 0 Å². The van der Waals surface area contributed by atoms with Crippen LogP contribution in [-0.2, 0) is 85.0 Å². The lowest BCUT2D eigenvalue weighted by Gasteiger charge is -2.15. The van der Waals surface area contributed by atoms with Crippen molar-refractivity contribution in [2.45, 2.75) is 164 Å². The average Bonchev–Trinajstić information content (AvgIpc) is 0.785. The molecule has 698 valence electrons. The monoisotopic (exact) mass is 1850 g/mol. The molecule has 0 amide bonds. The molecule has 0 saturated heterocycles. The molecule has 29 heteroatoms. The molecule has 0 saturated carbocycles. The van der Waals surface area contributed by atoms with Gasteiger partial charge >= 0.3 is 12.4 Å². The van der Waals surface area contributed by atoms with E-state index in [1.807, 2.05) is 140 Å². The van der Waals surface area contributed by atoms with Crippen molar-refractivity contribution in [1.82, 2.24) is 15.0 Å². The molecule has 0 atom stereocenters. The van der Waals surface area contributed by atoms with E-state index in [-0.39, 0.29) is 156 Å². The minimum absolute atomic E-state index is 0.00194. The molecule has 9 aromatic carbocycles. The van der Waals surface area contributed by atoms with Crippen LogP contribution in [0.1, 0.15) is 175 Å². The number of hydrogen-bond acceptors (Lipinski definition) is 23. The lowest BCUT2D eigenvalue weighted by atomic mass is 10.1. The van der Waals surface area contributed by atoms with Crippen molar-refractivity contribution in [3.8, 4) is 51.9 Å². The van der Waals surface area contributed by atoms with Crippen molar-refractivity contribution in [2.24, 2.45) is 0 Å². The highest BCUT2D eigenvalue weighted by Crippen LogP contribution is 2.42. The fourth-order valence-electron chi connectivity index (χ4n) is 14.0. The van der Waals surface area contributed by atoms with Crippen molar-refractivity contribution in [3.05, 3.63) is 398 Å². The van der Waals surface area contributed by atoms with Gasteiger partial charge in [-0.1, -0.05) is 177 Å². The number of nitrogens with zero attached hydrogens (tertiary/aromatic N) is 3.